The summed E-state index contributed by atoms with van der Waals surface area (Å²) in [5, 5.41) is 17.9. The Labute approximate surface area is 124 Å². The van der Waals surface area contributed by atoms with Gasteiger partial charge in [-0.2, -0.15) is 5.10 Å². The molecule has 1 unspecified atom stereocenters. The van der Waals surface area contributed by atoms with E-state index in [4.69, 9.17) is 5.73 Å². The molecule has 8 nitrogen and oxygen atoms in total. The summed E-state index contributed by atoms with van der Waals surface area (Å²) in [6.45, 7) is 0.446. The Morgan fingerprint density at radius 2 is 2.33 bits per heavy atom. The lowest BCUT2D eigenvalue weighted by Gasteiger charge is -2.11. The number of aromatic nitrogens is 3. The molecule has 0 fully saturated rings. The highest BCUT2D eigenvalue weighted by atomic mass is 32.1. The summed E-state index contributed by atoms with van der Waals surface area (Å²) >= 11 is 1.32. The van der Waals surface area contributed by atoms with Crippen LogP contribution in [-0.2, 0) is 18.3 Å². The Bertz CT molecular complexity index is 651. The zero-order valence-corrected chi connectivity index (χ0v) is 12.1. The summed E-state index contributed by atoms with van der Waals surface area (Å²) in [4.78, 5) is 27.5. The van der Waals surface area contributed by atoms with Crippen LogP contribution in [0.15, 0.2) is 17.8 Å². The number of carbonyl (C=O) groups is 2. The quantitative estimate of drug-likeness (QED) is 0.686. The van der Waals surface area contributed by atoms with E-state index >= 15 is 0 Å². The van der Waals surface area contributed by atoms with Crippen molar-refractivity contribution in [3.63, 3.8) is 0 Å². The van der Waals surface area contributed by atoms with Crippen LogP contribution in [0.5, 0.6) is 0 Å². The molecule has 2 heterocycles. The topological polar surface area (TPSA) is 123 Å². The number of amides is 1. The van der Waals surface area contributed by atoms with Crippen LogP contribution in [0.25, 0.3) is 0 Å². The molecule has 112 valence electrons. The Morgan fingerprint density at radius 1 is 1.57 bits per heavy atom. The van der Waals surface area contributed by atoms with E-state index in [2.05, 4.69) is 15.4 Å². The molecule has 1 atom stereocenters. The van der Waals surface area contributed by atoms with Crippen LogP contribution < -0.4 is 11.1 Å². The van der Waals surface area contributed by atoms with Crippen LogP contribution in [0.4, 0.5) is 0 Å². The molecule has 4 N–H and O–H groups in total. The number of hydrogen-bond acceptors (Lipinski definition) is 6. The summed E-state index contributed by atoms with van der Waals surface area (Å²) in [5.74, 6) is -1.69. The third-order valence-electron chi connectivity index (χ3n) is 2.72. The summed E-state index contributed by atoms with van der Waals surface area (Å²) < 4.78 is 1.47. The highest BCUT2D eigenvalue weighted by Crippen LogP contribution is 2.15. The monoisotopic (exact) mass is 309 g/mol. The molecule has 0 aliphatic carbocycles. The second-order valence-electron chi connectivity index (χ2n) is 4.36. The molecule has 0 radical (unpaired) electrons. The van der Waals surface area contributed by atoms with Crippen LogP contribution in [0.3, 0.4) is 0 Å². The van der Waals surface area contributed by atoms with Gasteiger partial charge in [0.15, 0.2) is 6.04 Å². The first-order valence-corrected chi connectivity index (χ1v) is 7.06. The Morgan fingerprint density at radius 3 is 2.90 bits per heavy atom. The van der Waals surface area contributed by atoms with E-state index in [0.29, 0.717) is 18.5 Å². The molecule has 2 aromatic heterocycles. The van der Waals surface area contributed by atoms with Gasteiger partial charge in [-0.25, -0.2) is 9.78 Å². The highest BCUT2D eigenvalue weighted by molar-refractivity contribution is 7.09. The lowest BCUT2D eigenvalue weighted by molar-refractivity contribution is -0.139. The first-order valence-electron chi connectivity index (χ1n) is 6.18. The molecular formula is C12H15N5O3S. The van der Waals surface area contributed by atoms with Gasteiger partial charge in [0.2, 0.25) is 0 Å². The minimum atomic E-state index is -1.16. The number of aliphatic carboxylic acids is 1. The van der Waals surface area contributed by atoms with Crippen molar-refractivity contribution < 1.29 is 14.7 Å². The van der Waals surface area contributed by atoms with Gasteiger partial charge < -0.3 is 16.2 Å². The zero-order valence-electron chi connectivity index (χ0n) is 11.3. The predicted octanol–water partition coefficient (Wildman–Crippen LogP) is -0.0665. The smallest absolute Gasteiger partial charge is 0.331 e. The molecule has 0 spiro atoms. The van der Waals surface area contributed by atoms with Gasteiger partial charge in [-0.3, -0.25) is 9.48 Å². The molecule has 2 rings (SSSR count). The Hall–Kier alpha value is -2.26. The van der Waals surface area contributed by atoms with Crippen LogP contribution in [0.2, 0.25) is 0 Å². The van der Waals surface area contributed by atoms with Crippen molar-refractivity contribution in [3.05, 3.63) is 34.0 Å². The lowest BCUT2D eigenvalue weighted by Crippen LogP contribution is -2.33. The standard InChI is InChI=1S/C12H15N5O3S/c1-17-5-7(4-14-17)10(12(19)20)16-11(18)8-6-21-9(15-8)2-3-13/h4-6,10H,2-3,13H2,1H3,(H,16,18)(H,19,20). The zero-order chi connectivity index (χ0) is 15.4. The van der Waals surface area contributed by atoms with Crippen molar-refractivity contribution in [2.45, 2.75) is 12.5 Å². The number of hydrogen-bond donors (Lipinski definition) is 3. The van der Waals surface area contributed by atoms with E-state index < -0.39 is 17.9 Å². The molecule has 0 aliphatic rings. The van der Waals surface area contributed by atoms with Gasteiger partial charge in [-0.05, 0) is 6.54 Å². The minimum absolute atomic E-state index is 0.193. The van der Waals surface area contributed by atoms with Crippen molar-refractivity contribution in [1.29, 1.82) is 0 Å². The van der Waals surface area contributed by atoms with Crippen LogP contribution in [-0.4, -0.2) is 38.3 Å². The van der Waals surface area contributed by atoms with E-state index in [9.17, 15) is 14.7 Å². The van der Waals surface area contributed by atoms with Gasteiger partial charge in [0.1, 0.15) is 5.69 Å². The van der Waals surface area contributed by atoms with Crippen molar-refractivity contribution in [3.8, 4) is 0 Å². The Balaban J connectivity index is 2.12. The van der Waals surface area contributed by atoms with Crippen molar-refractivity contribution in [2.24, 2.45) is 12.8 Å². The maximum Gasteiger partial charge on any atom is 0.331 e. The fourth-order valence-corrected chi connectivity index (χ4v) is 2.53. The van der Waals surface area contributed by atoms with E-state index in [0.717, 1.165) is 5.01 Å². The number of carbonyl (C=O) groups excluding carboxylic acids is 1. The van der Waals surface area contributed by atoms with Crippen molar-refractivity contribution >= 4 is 23.2 Å². The minimum Gasteiger partial charge on any atom is -0.479 e. The molecule has 9 heteroatoms. The first kappa shape index (κ1) is 15.1. The van der Waals surface area contributed by atoms with Gasteiger partial charge >= 0.3 is 5.97 Å². The third kappa shape index (κ3) is 3.64. The lowest BCUT2D eigenvalue weighted by atomic mass is 10.1. The fourth-order valence-electron chi connectivity index (χ4n) is 1.74. The second kappa shape index (κ2) is 6.46. The van der Waals surface area contributed by atoms with Crippen LogP contribution >= 0.6 is 11.3 Å². The van der Waals surface area contributed by atoms with Crippen LogP contribution in [0.1, 0.15) is 27.1 Å². The average molecular weight is 309 g/mol. The maximum atomic E-state index is 12.1. The van der Waals surface area contributed by atoms with Crippen LogP contribution in [0, 0.1) is 0 Å². The van der Waals surface area contributed by atoms with E-state index in [-0.39, 0.29) is 5.69 Å². The number of nitrogens with one attached hydrogen (secondary N) is 1. The van der Waals surface area contributed by atoms with Gasteiger partial charge in [0, 0.05) is 30.6 Å². The highest BCUT2D eigenvalue weighted by Gasteiger charge is 2.25. The SMILES string of the molecule is Cn1cc(C(NC(=O)c2csc(CCN)n2)C(=O)O)cn1. The number of nitrogens with zero attached hydrogens (tertiary/aromatic N) is 3. The van der Waals surface area contributed by atoms with E-state index in [1.807, 2.05) is 0 Å². The maximum absolute atomic E-state index is 12.1. The number of carboxylic acids is 1. The van der Waals surface area contributed by atoms with Gasteiger partial charge in [-0.15, -0.1) is 11.3 Å². The second-order valence-corrected chi connectivity index (χ2v) is 5.30. The molecular weight excluding hydrogens is 294 g/mol. The van der Waals surface area contributed by atoms with Crippen molar-refractivity contribution in [1.82, 2.24) is 20.1 Å². The summed E-state index contributed by atoms with van der Waals surface area (Å²) in [7, 11) is 1.67. The number of aryl methyl sites for hydroxylation is 1. The molecule has 0 saturated carbocycles. The molecule has 2 aromatic rings. The fraction of sp³-hybridized carbons (Fsp3) is 0.333. The first-order chi connectivity index (χ1) is 10.0. The number of carboxylic acid groups (broad SMARTS) is 1. The van der Waals surface area contributed by atoms with Gasteiger partial charge in [0.25, 0.3) is 5.91 Å². The molecule has 0 bridgehead atoms. The predicted molar refractivity (Wildman–Crippen MR) is 75.9 cm³/mol. The van der Waals surface area contributed by atoms with Crippen molar-refractivity contribution in [2.75, 3.05) is 6.54 Å². The van der Waals surface area contributed by atoms with Gasteiger partial charge in [-0.1, -0.05) is 0 Å². The average Bonchev–Trinajstić information content (AvgIpc) is 3.05. The summed E-state index contributed by atoms with van der Waals surface area (Å²) in [6.07, 6.45) is 3.53. The third-order valence-corrected chi connectivity index (χ3v) is 3.63. The summed E-state index contributed by atoms with van der Waals surface area (Å²) in [5.41, 5.74) is 6.02. The normalized spacial score (nSPS) is 12.1. The number of rotatable bonds is 6. The molecule has 0 saturated heterocycles. The Kier molecular flexibility index (Phi) is 4.66. The molecule has 1 amide bonds. The largest absolute Gasteiger partial charge is 0.479 e. The molecule has 0 aromatic carbocycles. The molecule has 0 aliphatic heterocycles. The summed E-state index contributed by atoms with van der Waals surface area (Å²) in [6, 6.07) is -1.16. The van der Waals surface area contributed by atoms with E-state index in [1.165, 1.54) is 22.2 Å². The number of thiazole rings is 1. The number of nitrogens with two attached hydrogens (primary N) is 1. The van der Waals surface area contributed by atoms with Gasteiger partial charge in [0.05, 0.1) is 11.2 Å². The van der Waals surface area contributed by atoms with E-state index in [1.54, 1.807) is 18.6 Å². The molecule has 21 heavy (non-hydrogen) atoms.